The first kappa shape index (κ1) is 17.5. The third-order valence-electron chi connectivity index (χ3n) is 5.29. The zero-order valence-corrected chi connectivity index (χ0v) is 15.9. The highest BCUT2D eigenvalue weighted by Gasteiger charge is 2.18. The number of rotatable bonds is 4. The molecule has 27 heavy (non-hydrogen) atoms. The summed E-state index contributed by atoms with van der Waals surface area (Å²) in [5.41, 5.74) is 3.96. The lowest BCUT2D eigenvalue weighted by Crippen LogP contribution is -2.35. The van der Waals surface area contributed by atoms with Crippen LogP contribution < -0.4 is 5.32 Å². The molecule has 1 aliphatic heterocycles. The molecule has 0 unspecified atom stereocenters. The molecule has 140 valence electrons. The maximum atomic E-state index is 12.7. The minimum absolute atomic E-state index is 0.102. The van der Waals surface area contributed by atoms with Gasteiger partial charge in [0.2, 0.25) is 0 Å². The first-order valence-corrected chi connectivity index (χ1v) is 9.53. The first-order valence-electron chi connectivity index (χ1n) is 9.53. The van der Waals surface area contributed by atoms with Crippen molar-refractivity contribution < 1.29 is 4.79 Å². The van der Waals surface area contributed by atoms with Crippen LogP contribution in [-0.2, 0) is 13.6 Å². The van der Waals surface area contributed by atoms with Gasteiger partial charge < -0.3 is 14.8 Å². The maximum Gasteiger partial charge on any atom is 0.254 e. The van der Waals surface area contributed by atoms with Gasteiger partial charge in [-0.2, -0.15) is 0 Å². The minimum atomic E-state index is 0.102. The van der Waals surface area contributed by atoms with Crippen LogP contribution in [0.5, 0.6) is 0 Å². The number of likely N-dealkylation sites (tertiary alicyclic amines) is 1. The smallest absolute Gasteiger partial charge is 0.254 e. The van der Waals surface area contributed by atoms with Crippen LogP contribution in [0.1, 0.15) is 41.0 Å². The van der Waals surface area contributed by atoms with E-state index in [1.165, 1.54) is 6.42 Å². The molecule has 1 aromatic carbocycles. The predicted octanol–water partition coefficient (Wildman–Crippen LogP) is 3.51. The summed E-state index contributed by atoms with van der Waals surface area (Å²) in [7, 11) is 2.03. The number of nitrogens with one attached hydrogen (secondary N) is 1. The zero-order valence-electron chi connectivity index (χ0n) is 15.9. The second kappa shape index (κ2) is 7.39. The van der Waals surface area contributed by atoms with Crippen molar-refractivity contribution in [3.63, 3.8) is 0 Å². The van der Waals surface area contributed by atoms with Crippen molar-refractivity contribution >= 4 is 22.8 Å². The standard InChI is InChI=1S/C21H25N5O/c1-15-24-18-12-16(6-7-19(18)25(15)2)14-23-20-13-17(8-9-22-20)21(27)26-10-4-3-5-11-26/h6-9,12-13H,3-5,10-11,14H2,1-2H3,(H,22,23). The van der Waals surface area contributed by atoms with Crippen molar-refractivity contribution in [3.8, 4) is 0 Å². The van der Waals surface area contributed by atoms with Gasteiger partial charge in [0.05, 0.1) is 11.0 Å². The Morgan fingerprint density at radius 2 is 1.96 bits per heavy atom. The van der Waals surface area contributed by atoms with Crippen molar-refractivity contribution in [2.75, 3.05) is 18.4 Å². The van der Waals surface area contributed by atoms with E-state index in [-0.39, 0.29) is 5.91 Å². The van der Waals surface area contributed by atoms with E-state index in [1.807, 2.05) is 24.9 Å². The fraction of sp³-hybridized carbons (Fsp3) is 0.381. The summed E-state index contributed by atoms with van der Waals surface area (Å²) in [5, 5.41) is 3.33. The molecule has 0 radical (unpaired) electrons. The molecule has 1 fully saturated rings. The largest absolute Gasteiger partial charge is 0.366 e. The number of benzene rings is 1. The van der Waals surface area contributed by atoms with Gasteiger partial charge in [-0.05, 0) is 56.0 Å². The van der Waals surface area contributed by atoms with E-state index in [4.69, 9.17) is 0 Å². The molecule has 4 rings (SSSR count). The molecule has 0 aliphatic carbocycles. The van der Waals surface area contributed by atoms with Crippen LogP contribution in [0.4, 0.5) is 5.82 Å². The number of pyridine rings is 1. The number of aromatic nitrogens is 3. The van der Waals surface area contributed by atoms with Crippen molar-refractivity contribution in [1.29, 1.82) is 0 Å². The molecule has 2 aromatic heterocycles. The van der Waals surface area contributed by atoms with E-state index >= 15 is 0 Å². The zero-order chi connectivity index (χ0) is 18.8. The molecule has 0 saturated carbocycles. The molecule has 1 saturated heterocycles. The summed E-state index contributed by atoms with van der Waals surface area (Å²) >= 11 is 0. The second-order valence-electron chi connectivity index (χ2n) is 7.18. The molecule has 1 aliphatic rings. The van der Waals surface area contributed by atoms with E-state index in [2.05, 4.69) is 38.1 Å². The van der Waals surface area contributed by atoms with Gasteiger partial charge in [0, 0.05) is 38.4 Å². The second-order valence-corrected chi connectivity index (χ2v) is 7.18. The van der Waals surface area contributed by atoms with Crippen molar-refractivity contribution in [1.82, 2.24) is 19.4 Å². The van der Waals surface area contributed by atoms with Gasteiger partial charge in [0.1, 0.15) is 11.6 Å². The van der Waals surface area contributed by atoms with Gasteiger partial charge >= 0.3 is 0 Å². The Bertz CT molecular complexity index is 972. The maximum absolute atomic E-state index is 12.7. The Balaban J connectivity index is 1.46. The number of nitrogens with zero attached hydrogens (tertiary/aromatic N) is 4. The van der Waals surface area contributed by atoms with Crippen LogP contribution in [0, 0.1) is 6.92 Å². The summed E-state index contributed by atoms with van der Waals surface area (Å²) in [5.74, 6) is 1.82. The minimum Gasteiger partial charge on any atom is -0.366 e. The molecule has 3 heterocycles. The van der Waals surface area contributed by atoms with Crippen LogP contribution in [0.15, 0.2) is 36.5 Å². The first-order chi connectivity index (χ1) is 13.1. The molecule has 6 heteroatoms. The fourth-order valence-electron chi connectivity index (χ4n) is 3.61. The molecule has 1 amide bonds. The molecule has 0 atom stereocenters. The summed E-state index contributed by atoms with van der Waals surface area (Å²) in [4.78, 5) is 23.6. The number of fused-ring (bicyclic) bond motifs is 1. The Hall–Kier alpha value is -2.89. The lowest BCUT2D eigenvalue weighted by Gasteiger charge is -2.26. The molecular weight excluding hydrogens is 338 g/mol. The topological polar surface area (TPSA) is 63.1 Å². The number of piperidine rings is 1. The highest BCUT2D eigenvalue weighted by atomic mass is 16.2. The van der Waals surface area contributed by atoms with Crippen LogP contribution in [-0.4, -0.2) is 38.4 Å². The SMILES string of the molecule is Cc1nc2cc(CNc3cc(C(=O)N4CCCCC4)ccn3)ccc2n1C. The van der Waals surface area contributed by atoms with Gasteiger partial charge in [-0.3, -0.25) is 4.79 Å². The number of carbonyl (C=O) groups excluding carboxylic acids is 1. The Morgan fingerprint density at radius 3 is 2.78 bits per heavy atom. The summed E-state index contributed by atoms with van der Waals surface area (Å²) in [6.45, 7) is 4.35. The van der Waals surface area contributed by atoms with Gasteiger partial charge in [-0.25, -0.2) is 9.97 Å². The normalized spacial score (nSPS) is 14.5. The van der Waals surface area contributed by atoms with E-state index in [0.717, 1.165) is 54.2 Å². The summed E-state index contributed by atoms with van der Waals surface area (Å²) in [6, 6.07) is 9.93. The Kier molecular flexibility index (Phi) is 4.79. The van der Waals surface area contributed by atoms with Gasteiger partial charge in [0.15, 0.2) is 0 Å². The van der Waals surface area contributed by atoms with Gasteiger partial charge in [-0.1, -0.05) is 6.07 Å². The van der Waals surface area contributed by atoms with E-state index < -0.39 is 0 Å². The molecule has 0 bridgehead atoms. The molecule has 0 spiro atoms. The number of carbonyl (C=O) groups is 1. The quantitative estimate of drug-likeness (QED) is 0.770. The molecular formula is C21H25N5O. The number of hydrogen-bond donors (Lipinski definition) is 1. The number of anilines is 1. The van der Waals surface area contributed by atoms with E-state index in [0.29, 0.717) is 12.1 Å². The number of imidazole rings is 1. The van der Waals surface area contributed by atoms with Gasteiger partial charge in [0.25, 0.3) is 5.91 Å². The fourth-order valence-corrected chi connectivity index (χ4v) is 3.61. The van der Waals surface area contributed by atoms with Crippen LogP contribution in [0.25, 0.3) is 11.0 Å². The Morgan fingerprint density at radius 1 is 1.15 bits per heavy atom. The Labute approximate surface area is 159 Å². The van der Waals surface area contributed by atoms with Crippen LogP contribution >= 0.6 is 0 Å². The molecule has 3 aromatic rings. The van der Waals surface area contributed by atoms with Crippen LogP contribution in [0.2, 0.25) is 0 Å². The van der Waals surface area contributed by atoms with Crippen molar-refractivity contribution in [2.24, 2.45) is 7.05 Å². The highest BCUT2D eigenvalue weighted by Crippen LogP contribution is 2.18. The lowest BCUT2D eigenvalue weighted by atomic mass is 10.1. The number of aryl methyl sites for hydroxylation is 2. The molecule has 1 N–H and O–H groups in total. The number of hydrogen-bond acceptors (Lipinski definition) is 4. The summed E-state index contributed by atoms with van der Waals surface area (Å²) < 4.78 is 2.09. The summed E-state index contributed by atoms with van der Waals surface area (Å²) in [6.07, 6.45) is 5.10. The predicted molar refractivity (Wildman–Crippen MR) is 107 cm³/mol. The van der Waals surface area contributed by atoms with Crippen molar-refractivity contribution in [3.05, 3.63) is 53.5 Å². The van der Waals surface area contributed by atoms with E-state index in [1.54, 1.807) is 12.3 Å². The van der Waals surface area contributed by atoms with Crippen LogP contribution in [0.3, 0.4) is 0 Å². The van der Waals surface area contributed by atoms with E-state index in [9.17, 15) is 4.79 Å². The third kappa shape index (κ3) is 3.65. The van der Waals surface area contributed by atoms with Crippen molar-refractivity contribution in [2.45, 2.75) is 32.7 Å². The lowest BCUT2D eigenvalue weighted by molar-refractivity contribution is 0.0724. The number of amides is 1. The molecule has 6 nitrogen and oxygen atoms in total. The highest BCUT2D eigenvalue weighted by molar-refractivity contribution is 5.94. The monoisotopic (exact) mass is 363 g/mol. The average molecular weight is 363 g/mol. The average Bonchev–Trinajstić information content (AvgIpc) is 3.00. The van der Waals surface area contributed by atoms with Gasteiger partial charge in [-0.15, -0.1) is 0 Å². The third-order valence-corrected chi connectivity index (χ3v) is 5.29.